The van der Waals surface area contributed by atoms with Crippen LogP contribution in [0.25, 0.3) is 0 Å². The Morgan fingerprint density at radius 2 is 2.00 bits per heavy atom. The van der Waals surface area contributed by atoms with E-state index in [9.17, 15) is 4.79 Å². The van der Waals surface area contributed by atoms with E-state index >= 15 is 0 Å². The van der Waals surface area contributed by atoms with Crippen molar-refractivity contribution in [1.82, 2.24) is 21.3 Å². The van der Waals surface area contributed by atoms with E-state index in [4.69, 9.17) is 0 Å². The lowest BCUT2D eigenvalue weighted by Crippen LogP contribution is -2.58. The van der Waals surface area contributed by atoms with E-state index in [0.717, 1.165) is 32.5 Å². The van der Waals surface area contributed by atoms with Crippen LogP contribution in [0, 0.1) is 0 Å². The van der Waals surface area contributed by atoms with Crippen molar-refractivity contribution in [2.75, 3.05) is 19.6 Å². The molecule has 1 heterocycles. The molecule has 1 aliphatic heterocycles. The molecule has 1 amide bonds. The molecule has 0 aliphatic carbocycles. The van der Waals surface area contributed by atoms with Crippen molar-refractivity contribution in [2.24, 2.45) is 0 Å². The van der Waals surface area contributed by atoms with E-state index in [1.165, 1.54) is 11.5 Å². The number of piperidine rings is 1. The molecule has 15 heavy (non-hydrogen) atoms. The van der Waals surface area contributed by atoms with Crippen molar-refractivity contribution in [1.29, 1.82) is 0 Å². The molecule has 0 aromatic rings. The molecule has 5 nitrogen and oxygen atoms in total. The van der Waals surface area contributed by atoms with Crippen molar-refractivity contribution in [3.05, 3.63) is 0 Å². The van der Waals surface area contributed by atoms with Gasteiger partial charge in [0, 0.05) is 13.1 Å². The molecule has 0 bridgehead atoms. The van der Waals surface area contributed by atoms with Crippen LogP contribution in [-0.2, 0) is 4.79 Å². The second-order valence-electron chi connectivity index (χ2n) is 3.70. The van der Waals surface area contributed by atoms with Gasteiger partial charge in [-0.25, -0.2) is 16.0 Å². The summed E-state index contributed by atoms with van der Waals surface area (Å²) in [7, 11) is 0. The third kappa shape index (κ3) is 3.77. The number of carbonyl (C=O) groups excluding carboxylic acids is 1. The van der Waals surface area contributed by atoms with Gasteiger partial charge in [0.05, 0.1) is 6.04 Å². The fourth-order valence-corrected chi connectivity index (χ4v) is 1.75. The summed E-state index contributed by atoms with van der Waals surface area (Å²) >= 11 is 0. The van der Waals surface area contributed by atoms with E-state index in [1.54, 1.807) is 0 Å². The van der Waals surface area contributed by atoms with Crippen molar-refractivity contribution in [3.8, 4) is 0 Å². The summed E-state index contributed by atoms with van der Waals surface area (Å²) in [5.41, 5.74) is 6.03. The van der Waals surface area contributed by atoms with Crippen molar-refractivity contribution < 1.29 is 4.79 Å². The minimum Gasteiger partial charge on any atom is -0.306 e. The standard InChI is InChI=1S/C10H22N4O/c1-3-12-14(13-4-2)10(15)9-7-5-6-8-11-9/h9,11-13H,3-8H2,1-2H3. The Balaban J connectivity index is 2.45. The molecule has 1 fully saturated rings. The maximum Gasteiger partial charge on any atom is 0.268 e. The minimum absolute atomic E-state index is 0.0307. The average Bonchev–Trinajstić information content (AvgIpc) is 2.29. The number of amides is 1. The van der Waals surface area contributed by atoms with Crippen LogP contribution in [0.4, 0.5) is 0 Å². The highest BCUT2D eigenvalue weighted by molar-refractivity contribution is 5.81. The summed E-state index contributed by atoms with van der Waals surface area (Å²) in [6, 6.07) is -0.0307. The molecule has 1 atom stereocenters. The Labute approximate surface area is 91.5 Å². The Kier molecular flexibility index (Phi) is 5.60. The molecule has 0 aromatic heterocycles. The van der Waals surface area contributed by atoms with Crippen LogP contribution in [0.2, 0.25) is 0 Å². The summed E-state index contributed by atoms with van der Waals surface area (Å²) in [6.07, 6.45) is 3.24. The maximum absolute atomic E-state index is 12.0. The van der Waals surface area contributed by atoms with Crippen LogP contribution in [-0.4, -0.2) is 36.7 Å². The highest BCUT2D eigenvalue weighted by atomic mass is 16.2. The monoisotopic (exact) mass is 214 g/mol. The molecule has 5 heteroatoms. The Morgan fingerprint density at radius 1 is 1.33 bits per heavy atom. The SMILES string of the molecule is CCNN(NCC)C(=O)C1CCCCN1. The van der Waals surface area contributed by atoms with Gasteiger partial charge in [0.2, 0.25) is 0 Å². The smallest absolute Gasteiger partial charge is 0.268 e. The quantitative estimate of drug-likeness (QED) is 0.564. The average molecular weight is 214 g/mol. The Bertz CT molecular complexity index is 186. The number of hydrazine groups is 2. The van der Waals surface area contributed by atoms with Crippen LogP contribution in [0.5, 0.6) is 0 Å². The van der Waals surface area contributed by atoms with Crippen molar-refractivity contribution >= 4 is 5.91 Å². The van der Waals surface area contributed by atoms with Gasteiger partial charge in [-0.05, 0) is 19.4 Å². The normalized spacial score (nSPS) is 21.3. The number of hydrogen-bond acceptors (Lipinski definition) is 4. The van der Waals surface area contributed by atoms with Gasteiger partial charge in [-0.2, -0.15) is 0 Å². The molecule has 3 N–H and O–H groups in total. The van der Waals surface area contributed by atoms with Gasteiger partial charge in [0.25, 0.3) is 5.91 Å². The predicted molar refractivity (Wildman–Crippen MR) is 59.8 cm³/mol. The molecule has 0 spiro atoms. The summed E-state index contributed by atoms with van der Waals surface area (Å²) in [5.74, 6) is 0.0957. The Morgan fingerprint density at radius 3 is 2.47 bits per heavy atom. The Hall–Kier alpha value is -0.650. The zero-order valence-corrected chi connectivity index (χ0v) is 9.68. The minimum atomic E-state index is -0.0307. The molecular weight excluding hydrogens is 192 g/mol. The number of nitrogens with zero attached hydrogens (tertiary/aromatic N) is 1. The zero-order valence-electron chi connectivity index (χ0n) is 9.68. The summed E-state index contributed by atoms with van der Waals surface area (Å²) in [6.45, 7) is 6.39. The maximum atomic E-state index is 12.0. The summed E-state index contributed by atoms with van der Waals surface area (Å²) in [5, 5.41) is 4.76. The van der Waals surface area contributed by atoms with Gasteiger partial charge in [0.15, 0.2) is 0 Å². The third-order valence-corrected chi connectivity index (χ3v) is 2.46. The van der Waals surface area contributed by atoms with Gasteiger partial charge in [-0.3, -0.25) is 4.79 Å². The molecule has 0 radical (unpaired) electrons. The van der Waals surface area contributed by atoms with Gasteiger partial charge < -0.3 is 5.32 Å². The number of hydrogen-bond donors (Lipinski definition) is 3. The fraction of sp³-hybridized carbons (Fsp3) is 0.900. The van der Waals surface area contributed by atoms with E-state index in [2.05, 4.69) is 16.2 Å². The van der Waals surface area contributed by atoms with E-state index in [0.29, 0.717) is 0 Å². The van der Waals surface area contributed by atoms with E-state index in [1.807, 2.05) is 13.8 Å². The first-order valence-corrected chi connectivity index (χ1v) is 5.84. The van der Waals surface area contributed by atoms with Crippen LogP contribution in [0.15, 0.2) is 0 Å². The van der Waals surface area contributed by atoms with E-state index in [-0.39, 0.29) is 11.9 Å². The first kappa shape index (κ1) is 12.4. The third-order valence-electron chi connectivity index (χ3n) is 2.46. The van der Waals surface area contributed by atoms with Gasteiger partial charge in [0.1, 0.15) is 0 Å². The molecule has 0 aromatic carbocycles. The summed E-state index contributed by atoms with van der Waals surface area (Å²) in [4.78, 5) is 12.0. The first-order valence-electron chi connectivity index (χ1n) is 5.84. The van der Waals surface area contributed by atoms with Gasteiger partial charge in [-0.15, -0.1) is 0 Å². The number of carbonyl (C=O) groups is 1. The fourth-order valence-electron chi connectivity index (χ4n) is 1.75. The molecule has 1 saturated heterocycles. The van der Waals surface area contributed by atoms with Crippen molar-refractivity contribution in [3.63, 3.8) is 0 Å². The van der Waals surface area contributed by atoms with Crippen LogP contribution in [0.1, 0.15) is 33.1 Å². The molecule has 0 saturated carbocycles. The molecule has 1 aliphatic rings. The largest absolute Gasteiger partial charge is 0.306 e. The zero-order chi connectivity index (χ0) is 11.1. The molecular formula is C10H22N4O. The second kappa shape index (κ2) is 6.76. The number of nitrogens with one attached hydrogen (secondary N) is 3. The van der Waals surface area contributed by atoms with Crippen LogP contribution < -0.4 is 16.2 Å². The van der Waals surface area contributed by atoms with Gasteiger partial charge >= 0.3 is 0 Å². The highest BCUT2D eigenvalue weighted by Crippen LogP contribution is 2.08. The first-order chi connectivity index (χ1) is 7.29. The van der Waals surface area contributed by atoms with Crippen molar-refractivity contribution in [2.45, 2.75) is 39.2 Å². The highest BCUT2D eigenvalue weighted by Gasteiger charge is 2.25. The second-order valence-corrected chi connectivity index (χ2v) is 3.70. The van der Waals surface area contributed by atoms with Gasteiger partial charge in [-0.1, -0.05) is 20.3 Å². The lowest BCUT2D eigenvalue weighted by Gasteiger charge is -2.29. The molecule has 1 unspecified atom stereocenters. The summed E-state index contributed by atoms with van der Waals surface area (Å²) < 4.78 is 0. The molecule has 1 rings (SSSR count). The molecule has 88 valence electrons. The number of rotatable bonds is 5. The predicted octanol–water partition coefficient (Wildman–Crippen LogP) is 0.00610. The lowest BCUT2D eigenvalue weighted by atomic mass is 10.0. The lowest BCUT2D eigenvalue weighted by molar-refractivity contribution is -0.141. The topological polar surface area (TPSA) is 56.4 Å². The van der Waals surface area contributed by atoms with Crippen LogP contribution in [0.3, 0.4) is 0 Å². The van der Waals surface area contributed by atoms with Crippen LogP contribution >= 0.6 is 0 Å². The van der Waals surface area contributed by atoms with E-state index < -0.39 is 0 Å².